The van der Waals surface area contributed by atoms with Crippen molar-refractivity contribution in [1.29, 1.82) is 0 Å². The summed E-state index contributed by atoms with van der Waals surface area (Å²) in [7, 11) is 0. The molecule has 1 aliphatic heterocycles. The Labute approximate surface area is 123 Å². The molecule has 108 valence electrons. The first-order valence-electron chi connectivity index (χ1n) is 6.98. The molecule has 0 spiro atoms. The highest BCUT2D eigenvalue weighted by atomic mass is 32.2. The first kappa shape index (κ1) is 15.2. The molecule has 1 aliphatic rings. The molecule has 1 aromatic rings. The zero-order valence-electron chi connectivity index (χ0n) is 11.8. The Morgan fingerprint density at radius 2 is 2.21 bits per heavy atom. The molecular weight excluding hydrogens is 278 g/mol. The van der Waals surface area contributed by atoms with Crippen LogP contribution >= 0.6 is 23.5 Å². The van der Waals surface area contributed by atoms with Crippen molar-refractivity contribution in [3.05, 3.63) is 11.7 Å². The average molecular weight is 301 g/mol. The van der Waals surface area contributed by atoms with E-state index in [2.05, 4.69) is 30.9 Å². The lowest BCUT2D eigenvalue weighted by molar-refractivity contribution is 0.343. The summed E-state index contributed by atoms with van der Waals surface area (Å²) in [6, 6.07) is -0.112. The van der Waals surface area contributed by atoms with Crippen LogP contribution in [0.3, 0.4) is 0 Å². The summed E-state index contributed by atoms with van der Waals surface area (Å²) >= 11 is 3.93. The van der Waals surface area contributed by atoms with Crippen LogP contribution in [0.4, 0.5) is 0 Å². The molecule has 0 amide bonds. The number of hydrogen-bond acceptors (Lipinski definition) is 6. The number of aromatic nitrogens is 2. The summed E-state index contributed by atoms with van der Waals surface area (Å²) in [4.78, 5) is 4.51. The molecule has 2 rings (SSSR count). The summed E-state index contributed by atoms with van der Waals surface area (Å²) < 4.78 is 5.33. The molecule has 0 aliphatic carbocycles. The molecule has 1 aromatic heterocycles. The van der Waals surface area contributed by atoms with Gasteiger partial charge in [0.15, 0.2) is 5.82 Å². The van der Waals surface area contributed by atoms with Crippen molar-refractivity contribution in [1.82, 2.24) is 10.1 Å². The van der Waals surface area contributed by atoms with E-state index in [1.165, 1.54) is 0 Å². The van der Waals surface area contributed by atoms with Crippen molar-refractivity contribution >= 4 is 23.5 Å². The average Bonchev–Trinajstić information content (AvgIpc) is 2.89. The van der Waals surface area contributed by atoms with Crippen LogP contribution in [0.2, 0.25) is 0 Å². The Hall–Kier alpha value is -0.200. The van der Waals surface area contributed by atoms with E-state index in [1.54, 1.807) is 0 Å². The van der Waals surface area contributed by atoms with Crippen LogP contribution in [0.15, 0.2) is 4.52 Å². The summed E-state index contributed by atoms with van der Waals surface area (Å²) in [5.74, 6) is 2.47. The largest absolute Gasteiger partial charge is 0.338 e. The van der Waals surface area contributed by atoms with Crippen molar-refractivity contribution in [2.45, 2.75) is 61.8 Å². The SMILES string of the molecule is CCCC[C@H](N)c1nc(C2CSC(C)C(C)S2)no1. The molecule has 1 fully saturated rings. The standard InChI is InChI=1S/C13H23N3OS2/c1-4-5-6-10(14)13-15-12(16-17-13)11-7-18-8(2)9(3)19-11/h8-11H,4-7,14H2,1-3H3/t8?,9?,10-,11?/m0/s1. The summed E-state index contributed by atoms with van der Waals surface area (Å²) in [5.41, 5.74) is 6.07. The minimum atomic E-state index is -0.112. The molecule has 19 heavy (non-hydrogen) atoms. The monoisotopic (exact) mass is 301 g/mol. The summed E-state index contributed by atoms with van der Waals surface area (Å²) in [6.45, 7) is 6.70. The smallest absolute Gasteiger partial charge is 0.243 e. The van der Waals surface area contributed by atoms with Crippen LogP contribution in [-0.2, 0) is 0 Å². The van der Waals surface area contributed by atoms with Crippen LogP contribution < -0.4 is 5.73 Å². The number of thioether (sulfide) groups is 2. The molecule has 4 atom stereocenters. The lowest BCUT2D eigenvalue weighted by Crippen LogP contribution is -2.22. The van der Waals surface area contributed by atoms with Gasteiger partial charge in [-0.3, -0.25) is 0 Å². The molecule has 3 unspecified atom stereocenters. The highest BCUT2D eigenvalue weighted by molar-refractivity contribution is 8.07. The third-order valence-corrected chi connectivity index (χ3v) is 6.87. The van der Waals surface area contributed by atoms with E-state index in [0.717, 1.165) is 30.8 Å². The van der Waals surface area contributed by atoms with Gasteiger partial charge in [-0.1, -0.05) is 38.8 Å². The minimum Gasteiger partial charge on any atom is -0.338 e. The van der Waals surface area contributed by atoms with Gasteiger partial charge in [0.1, 0.15) is 0 Å². The maximum atomic E-state index is 6.07. The Bertz CT molecular complexity index is 399. The maximum Gasteiger partial charge on any atom is 0.243 e. The lowest BCUT2D eigenvalue weighted by Gasteiger charge is -2.29. The predicted molar refractivity (Wildman–Crippen MR) is 82.5 cm³/mol. The van der Waals surface area contributed by atoms with Gasteiger partial charge in [-0.25, -0.2) is 0 Å². The first-order chi connectivity index (χ1) is 9.11. The van der Waals surface area contributed by atoms with Gasteiger partial charge in [0.25, 0.3) is 0 Å². The molecule has 2 heterocycles. The number of nitrogens with zero attached hydrogens (tertiary/aromatic N) is 2. The van der Waals surface area contributed by atoms with Gasteiger partial charge in [-0.05, 0) is 6.42 Å². The Morgan fingerprint density at radius 1 is 1.42 bits per heavy atom. The second-order valence-corrected chi connectivity index (χ2v) is 8.10. The van der Waals surface area contributed by atoms with Gasteiger partial charge < -0.3 is 10.3 Å². The minimum absolute atomic E-state index is 0.112. The van der Waals surface area contributed by atoms with E-state index >= 15 is 0 Å². The topological polar surface area (TPSA) is 64.9 Å². The fourth-order valence-electron chi connectivity index (χ4n) is 2.00. The van der Waals surface area contributed by atoms with Crippen LogP contribution in [-0.4, -0.2) is 26.4 Å². The first-order valence-corrected chi connectivity index (χ1v) is 8.97. The molecule has 6 heteroatoms. The van der Waals surface area contributed by atoms with Crippen molar-refractivity contribution in [2.75, 3.05) is 5.75 Å². The van der Waals surface area contributed by atoms with E-state index < -0.39 is 0 Å². The van der Waals surface area contributed by atoms with Gasteiger partial charge in [0.05, 0.1) is 11.3 Å². The number of nitrogens with two attached hydrogens (primary N) is 1. The number of unbranched alkanes of at least 4 members (excludes halogenated alkanes) is 1. The third-order valence-electron chi connectivity index (χ3n) is 3.48. The van der Waals surface area contributed by atoms with Crippen LogP contribution in [0.1, 0.15) is 63.0 Å². The van der Waals surface area contributed by atoms with Crippen molar-refractivity contribution in [3.63, 3.8) is 0 Å². The number of hydrogen-bond donors (Lipinski definition) is 1. The second kappa shape index (κ2) is 6.99. The Kier molecular flexibility index (Phi) is 5.59. The normalized spacial score (nSPS) is 29.4. The van der Waals surface area contributed by atoms with Gasteiger partial charge in [0.2, 0.25) is 5.89 Å². The zero-order chi connectivity index (χ0) is 13.8. The van der Waals surface area contributed by atoms with E-state index in [-0.39, 0.29) is 6.04 Å². The molecule has 2 N–H and O–H groups in total. The molecule has 0 aromatic carbocycles. The molecule has 0 bridgehead atoms. The summed E-state index contributed by atoms with van der Waals surface area (Å²) in [5, 5.41) is 5.79. The van der Waals surface area contributed by atoms with Crippen LogP contribution in [0, 0.1) is 0 Å². The molecule has 0 saturated carbocycles. The lowest BCUT2D eigenvalue weighted by atomic mass is 10.1. The molecule has 0 radical (unpaired) electrons. The van der Waals surface area contributed by atoms with E-state index in [0.29, 0.717) is 21.6 Å². The molecular formula is C13H23N3OS2. The van der Waals surface area contributed by atoms with Gasteiger partial charge in [-0.15, -0.1) is 11.8 Å². The summed E-state index contributed by atoms with van der Waals surface area (Å²) in [6.07, 6.45) is 3.15. The van der Waals surface area contributed by atoms with E-state index in [1.807, 2.05) is 23.5 Å². The molecule has 1 saturated heterocycles. The van der Waals surface area contributed by atoms with Crippen molar-refractivity contribution < 1.29 is 4.52 Å². The van der Waals surface area contributed by atoms with Crippen LogP contribution in [0.5, 0.6) is 0 Å². The van der Waals surface area contributed by atoms with E-state index in [4.69, 9.17) is 10.3 Å². The zero-order valence-corrected chi connectivity index (χ0v) is 13.5. The van der Waals surface area contributed by atoms with Gasteiger partial charge in [0, 0.05) is 16.3 Å². The second-order valence-electron chi connectivity index (χ2n) is 5.11. The predicted octanol–water partition coefficient (Wildman–Crippen LogP) is 3.56. The third kappa shape index (κ3) is 3.89. The molecule has 4 nitrogen and oxygen atoms in total. The van der Waals surface area contributed by atoms with Crippen molar-refractivity contribution in [3.8, 4) is 0 Å². The highest BCUT2D eigenvalue weighted by Crippen LogP contribution is 2.43. The Morgan fingerprint density at radius 3 is 2.89 bits per heavy atom. The van der Waals surface area contributed by atoms with Crippen molar-refractivity contribution in [2.24, 2.45) is 5.73 Å². The van der Waals surface area contributed by atoms with Gasteiger partial charge in [-0.2, -0.15) is 16.7 Å². The number of rotatable bonds is 5. The fraction of sp³-hybridized carbons (Fsp3) is 0.846. The van der Waals surface area contributed by atoms with Gasteiger partial charge >= 0.3 is 0 Å². The highest BCUT2D eigenvalue weighted by Gasteiger charge is 2.30. The quantitative estimate of drug-likeness (QED) is 0.897. The van der Waals surface area contributed by atoms with Crippen LogP contribution in [0.25, 0.3) is 0 Å². The van der Waals surface area contributed by atoms with E-state index in [9.17, 15) is 0 Å². The Balaban J connectivity index is 1.97. The maximum absolute atomic E-state index is 6.07. The fourth-order valence-corrected chi connectivity index (χ4v) is 4.83.